The summed E-state index contributed by atoms with van der Waals surface area (Å²) in [5.41, 5.74) is 8.05. The Morgan fingerprint density at radius 1 is 1.06 bits per heavy atom. The van der Waals surface area contributed by atoms with Gasteiger partial charge in [-0.05, 0) is 37.5 Å². The van der Waals surface area contributed by atoms with Crippen molar-refractivity contribution in [2.24, 2.45) is 5.73 Å². The molecular formula is C15H26N2O. The summed E-state index contributed by atoms with van der Waals surface area (Å²) in [6.45, 7) is 5.22. The van der Waals surface area contributed by atoms with Crippen LogP contribution in [0.5, 0.6) is 0 Å². The number of unbranched alkanes of at least 4 members (excludes halogenated alkanes) is 3. The molecular weight excluding hydrogens is 224 g/mol. The van der Waals surface area contributed by atoms with Crippen molar-refractivity contribution in [3.63, 3.8) is 0 Å². The average molecular weight is 250 g/mol. The normalized spacial score (nSPS) is 10.6. The third kappa shape index (κ3) is 5.07. The van der Waals surface area contributed by atoms with Gasteiger partial charge in [-0.25, -0.2) is 0 Å². The fraction of sp³-hybridized carbons (Fsp3) is 0.600. The van der Waals surface area contributed by atoms with Gasteiger partial charge < -0.3 is 15.7 Å². The molecule has 0 unspecified atom stereocenters. The van der Waals surface area contributed by atoms with E-state index in [1.54, 1.807) is 0 Å². The quantitative estimate of drug-likeness (QED) is 0.662. The second kappa shape index (κ2) is 8.95. The monoisotopic (exact) mass is 250 g/mol. The second-order valence-electron chi connectivity index (χ2n) is 4.59. The zero-order valence-corrected chi connectivity index (χ0v) is 11.4. The molecule has 1 aromatic rings. The van der Waals surface area contributed by atoms with Crippen molar-refractivity contribution in [2.75, 3.05) is 24.6 Å². The molecule has 0 spiro atoms. The lowest BCUT2D eigenvalue weighted by molar-refractivity contribution is 0.282. The minimum absolute atomic E-state index is 0.318. The molecule has 1 aromatic carbocycles. The smallest absolute Gasteiger partial charge is 0.0431 e. The maximum absolute atomic E-state index is 8.73. The van der Waals surface area contributed by atoms with Crippen LogP contribution in [0.4, 0.5) is 5.69 Å². The molecule has 102 valence electrons. The first-order chi connectivity index (χ1) is 8.81. The predicted octanol–water partition coefficient (Wildman–Crippen LogP) is 2.52. The van der Waals surface area contributed by atoms with Gasteiger partial charge >= 0.3 is 0 Å². The second-order valence-corrected chi connectivity index (χ2v) is 4.59. The molecule has 0 heterocycles. The number of rotatable bonds is 9. The van der Waals surface area contributed by atoms with Crippen LogP contribution in [-0.4, -0.2) is 24.8 Å². The lowest BCUT2D eigenvalue weighted by Crippen LogP contribution is -2.23. The Hall–Kier alpha value is -1.06. The fourth-order valence-corrected chi connectivity index (χ4v) is 2.08. The largest absolute Gasteiger partial charge is 0.396 e. The third-order valence-electron chi connectivity index (χ3n) is 3.26. The van der Waals surface area contributed by atoms with Gasteiger partial charge in [0.2, 0.25) is 0 Å². The maximum Gasteiger partial charge on any atom is 0.0431 e. The summed E-state index contributed by atoms with van der Waals surface area (Å²) in [5.74, 6) is 0. The SMILES string of the molecule is CCN(CCCCCCO)c1ccc(CN)cc1. The van der Waals surface area contributed by atoms with Gasteiger partial charge in [-0.3, -0.25) is 0 Å². The molecule has 0 amide bonds. The zero-order chi connectivity index (χ0) is 13.2. The van der Waals surface area contributed by atoms with Crippen LogP contribution in [0.2, 0.25) is 0 Å². The summed E-state index contributed by atoms with van der Waals surface area (Å²) in [6, 6.07) is 8.51. The van der Waals surface area contributed by atoms with Gasteiger partial charge in [0, 0.05) is 31.9 Å². The molecule has 3 heteroatoms. The van der Waals surface area contributed by atoms with E-state index >= 15 is 0 Å². The Kier molecular flexibility index (Phi) is 7.46. The van der Waals surface area contributed by atoms with Crippen LogP contribution in [-0.2, 0) is 6.54 Å². The standard InChI is InChI=1S/C15H26N2O/c1-2-17(11-5-3-4-6-12-18)15-9-7-14(13-16)8-10-15/h7-10,18H,2-6,11-13,16H2,1H3. The van der Waals surface area contributed by atoms with Gasteiger partial charge in [0.05, 0.1) is 0 Å². The van der Waals surface area contributed by atoms with Crippen LogP contribution in [0.25, 0.3) is 0 Å². The number of aliphatic hydroxyl groups is 1. The van der Waals surface area contributed by atoms with E-state index in [2.05, 4.69) is 36.1 Å². The van der Waals surface area contributed by atoms with Crippen LogP contribution in [0.15, 0.2) is 24.3 Å². The van der Waals surface area contributed by atoms with Crippen LogP contribution in [0.1, 0.15) is 38.2 Å². The topological polar surface area (TPSA) is 49.5 Å². The Bertz CT molecular complexity index is 311. The van der Waals surface area contributed by atoms with E-state index in [-0.39, 0.29) is 0 Å². The van der Waals surface area contributed by atoms with Gasteiger partial charge in [-0.15, -0.1) is 0 Å². The van der Waals surface area contributed by atoms with Gasteiger partial charge in [0.15, 0.2) is 0 Å². The molecule has 0 saturated carbocycles. The van der Waals surface area contributed by atoms with Crippen molar-refractivity contribution in [2.45, 2.75) is 39.2 Å². The molecule has 0 bridgehead atoms. The minimum Gasteiger partial charge on any atom is -0.396 e. The van der Waals surface area contributed by atoms with Gasteiger partial charge in [0.1, 0.15) is 0 Å². The van der Waals surface area contributed by atoms with Gasteiger partial charge in [-0.2, -0.15) is 0 Å². The Morgan fingerprint density at radius 2 is 1.72 bits per heavy atom. The molecule has 3 nitrogen and oxygen atoms in total. The van der Waals surface area contributed by atoms with E-state index in [1.165, 1.54) is 24.1 Å². The molecule has 0 aliphatic rings. The first kappa shape index (κ1) is 15.0. The number of aliphatic hydroxyl groups excluding tert-OH is 1. The van der Waals surface area contributed by atoms with Crippen molar-refractivity contribution >= 4 is 5.69 Å². The number of hydrogen-bond acceptors (Lipinski definition) is 3. The summed E-state index contributed by atoms with van der Waals surface area (Å²) in [5, 5.41) is 8.73. The molecule has 0 fully saturated rings. The molecule has 18 heavy (non-hydrogen) atoms. The van der Waals surface area contributed by atoms with Crippen LogP contribution in [0.3, 0.4) is 0 Å². The molecule has 0 atom stereocenters. The number of hydrogen-bond donors (Lipinski definition) is 2. The van der Waals surface area contributed by atoms with Crippen molar-refractivity contribution in [3.8, 4) is 0 Å². The Balaban J connectivity index is 2.39. The Labute approximate surface area is 111 Å². The molecule has 3 N–H and O–H groups in total. The lowest BCUT2D eigenvalue weighted by atomic mass is 10.1. The van der Waals surface area contributed by atoms with E-state index in [4.69, 9.17) is 10.8 Å². The highest BCUT2D eigenvalue weighted by Gasteiger charge is 2.03. The summed E-state index contributed by atoms with van der Waals surface area (Å²) in [4.78, 5) is 2.39. The van der Waals surface area contributed by atoms with Crippen molar-refractivity contribution in [1.29, 1.82) is 0 Å². The van der Waals surface area contributed by atoms with Crippen LogP contribution in [0, 0.1) is 0 Å². The lowest BCUT2D eigenvalue weighted by Gasteiger charge is -2.23. The first-order valence-electron chi connectivity index (χ1n) is 6.96. The molecule has 0 aromatic heterocycles. The number of nitrogens with zero attached hydrogens (tertiary/aromatic N) is 1. The fourth-order valence-electron chi connectivity index (χ4n) is 2.08. The van der Waals surface area contributed by atoms with Crippen LogP contribution >= 0.6 is 0 Å². The van der Waals surface area contributed by atoms with Crippen molar-refractivity contribution in [3.05, 3.63) is 29.8 Å². The molecule has 0 saturated heterocycles. The third-order valence-corrected chi connectivity index (χ3v) is 3.26. The van der Waals surface area contributed by atoms with Crippen LogP contribution < -0.4 is 10.6 Å². The predicted molar refractivity (Wildman–Crippen MR) is 77.8 cm³/mol. The first-order valence-corrected chi connectivity index (χ1v) is 6.96. The summed E-state index contributed by atoms with van der Waals surface area (Å²) in [7, 11) is 0. The summed E-state index contributed by atoms with van der Waals surface area (Å²) < 4.78 is 0. The molecule has 0 aliphatic heterocycles. The van der Waals surface area contributed by atoms with Crippen molar-refractivity contribution < 1.29 is 5.11 Å². The van der Waals surface area contributed by atoms with E-state index in [1.807, 2.05) is 0 Å². The van der Waals surface area contributed by atoms with E-state index in [0.29, 0.717) is 13.2 Å². The number of nitrogens with two attached hydrogens (primary N) is 1. The molecule has 0 radical (unpaired) electrons. The van der Waals surface area contributed by atoms with Gasteiger partial charge in [0.25, 0.3) is 0 Å². The molecule has 0 aliphatic carbocycles. The number of anilines is 1. The highest BCUT2D eigenvalue weighted by Crippen LogP contribution is 2.16. The maximum atomic E-state index is 8.73. The highest BCUT2D eigenvalue weighted by molar-refractivity contribution is 5.47. The average Bonchev–Trinajstić information content (AvgIpc) is 2.43. The van der Waals surface area contributed by atoms with Gasteiger partial charge in [-0.1, -0.05) is 25.0 Å². The molecule has 1 rings (SSSR count). The minimum atomic E-state index is 0.318. The number of benzene rings is 1. The van der Waals surface area contributed by atoms with E-state index in [9.17, 15) is 0 Å². The zero-order valence-electron chi connectivity index (χ0n) is 11.4. The summed E-state index contributed by atoms with van der Waals surface area (Å²) >= 11 is 0. The van der Waals surface area contributed by atoms with Crippen molar-refractivity contribution in [1.82, 2.24) is 0 Å². The highest BCUT2D eigenvalue weighted by atomic mass is 16.2. The van der Waals surface area contributed by atoms with E-state index in [0.717, 1.165) is 25.9 Å². The van der Waals surface area contributed by atoms with E-state index < -0.39 is 0 Å². The summed E-state index contributed by atoms with van der Waals surface area (Å²) in [6.07, 6.45) is 4.43. The Morgan fingerprint density at radius 3 is 2.28 bits per heavy atom.